The van der Waals surface area contributed by atoms with E-state index in [1.807, 2.05) is 24.3 Å². The molecule has 6 nitrogen and oxygen atoms in total. The van der Waals surface area contributed by atoms with Crippen molar-refractivity contribution in [3.8, 4) is 0 Å². The highest BCUT2D eigenvalue weighted by atomic mass is 79.9. The number of aromatic nitrogens is 3. The maximum atomic E-state index is 12.8. The summed E-state index contributed by atoms with van der Waals surface area (Å²) in [4.78, 5) is 0. The van der Waals surface area contributed by atoms with Crippen LogP contribution in [0.2, 0.25) is 0 Å². The second-order valence-corrected chi connectivity index (χ2v) is 7.15. The monoisotopic (exact) mass is 356 g/mol. The molecule has 0 unspecified atom stereocenters. The van der Waals surface area contributed by atoms with Crippen LogP contribution >= 0.6 is 15.9 Å². The van der Waals surface area contributed by atoms with E-state index in [0.29, 0.717) is 6.54 Å². The number of sulfonamides is 1. The first kappa shape index (κ1) is 13.6. The fourth-order valence-corrected chi connectivity index (χ4v) is 5.03. The van der Waals surface area contributed by atoms with Crippen LogP contribution < -0.4 is 4.31 Å². The third kappa shape index (κ3) is 2.03. The van der Waals surface area contributed by atoms with Crippen LogP contribution in [-0.4, -0.2) is 30.0 Å². The quantitative estimate of drug-likeness (QED) is 0.821. The molecule has 8 heteroatoms. The van der Waals surface area contributed by atoms with Gasteiger partial charge in [-0.3, -0.25) is 4.31 Å². The summed E-state index contributed by atoms with van der Waals surface area (Å²) >= 11 is 3.16. The maximum Gasteiger partial charge on any atom is 0.284 e. The second kappa shape index (κ2) is 4.85. The summed E-state index contributed by atoms with van der Waals surface area (Å²) in [7, 11) is -2.10. The van der Waals surface area contributed by atoms with Crippen molar-refractivity contribution in [2.24, 2.45) is 7.05 Å². The van der Waals surface area contributed by atoms with Crippen molar-refractivity contribution in [1.82, 2.24) is 15.0 Å². The Hall–Kier alpha value is -1.41. The summed E-state index contributed by atoms with van der Waals surface area (Å²) in [5.41, 5.74) is 1.79. The SMILES string of the molecule is Cn1nnc(Br)c1S(=O)(=O)N1CCCc2ccccc21. The van der Waals surface area contributed by atoms with Crippen molar-refractivity contribution in [2.45, 2.75) is 17.9 Å². The highest BCUT2D eigenvalue weighted by Crippen LogP contribution is 2.33. The molecule has 0 fully saturated rings. The van der Waals surface area contributed by atoms with Gasteiger partial charge in [0.2, 0.25) is 5.03 Å². The largest absolute Gasteiger partial charge is 0.284 e. The highest BCUT2D eigenvalue weighted by molar-refractivity contribution is 9.10. The van der Waals surface area contributed by atoms with E-state index < -0.39 is 10.0 Å². The zero-order chi connectivity index (χ0) is 14.3. The molecule has 1 aromatic heterocycles. The molecule has 1 aliphatic heterocycles. The van der Waals surface area contributed by atoms with E-state index in [4.69, 9.17) is 0 Å². The van der Waals surface area contributed by atoms with Crippen LogP contribution in [0.4, 0.5) is 5.69 Å². The van der Waals surface area contributed by atoms with Gasteiger partial charge in [-0.1, -0.05) is 23.4 Å². The van der Waals surface area contributed by atoms with Gasteiger partial charge in [-0.25, -0.2) is 4.68 Å². The molecule has 1 aliphatic rings. The Kier molecular flexibility index (Phi) is 3.29. The van der Waals surface area contributed by atoms with Crippen molar-refractivity contribution in [3.63, 3.8) is 0 Å². The molecule has 20 heavy (non-hydrogen) atoms. The third-order valence-corrected chi connectivity index (χ3v) is 6.04. The number of rotatable bonds is 2. The summed E-state index contributed by atoms with van der Waals surface area (Å²) in [5, 5.41) is 7.58. The molecule has 0 atom stereocenters. The standard InChI is InChI=1S/C12H13BrN4O2S/c1-16-12(11(13)14-15-16)20(18,19)17-8-4-6-9-5-2-3-7-10(9)17/h2-3,5,7H,4,6,8H2,1H3. The van der Waals surface area contributed by atoms with Crippen molar-refractivity contribution < 1.29 is 8.42 Å². The number of para-hydroxylation sites is 1. The maximum absolute atomic E-state index is 12.8. The first-order valence-corrected chi connectivity index (χ1v) is 8.41. The molecule has 3 rings (SSSR count). The Morgan fingerprint density at radius 1 is 1.30 bits per heavy atom. The summed E-state index contributed by atoms with van der Waals surface area (Å²) in [6, 6.07) is 7.58. The molecule has 0 saturated heterocycles. The number of aryl methyl sites for hydroxylation is 2. The number of benzene rings is 1. The van der Waals surface area contributed by atoms with Crippen LogP contribution in [0.25, 0.3) is 0 Å². The topological polar surface area (TPSA) is 68.1 Å². The Bertz CT molecular complexity index is 737. The van der Waals surface area contributed by atoms with Gasteiger partial charge < -0.3 is 0 Å². The van der Waals surface area contributed by atoms with Gasteiger partial charge >= 0.3 is 0 Å². The summed E-state index contributed by atoms with van der Waals surface area (Å²) in [5.74, 6) is 0. The van der Waals surface area contributed by atoms with Gasteiger partial charge in [-0.05, 0) is 40.4 Å². The predicted octanol–water partition coefficient (Wildman–Crippen LogP) is 1.72. The van der Waals surface area contributed by atoms with Crippen LogP contribution in [-0.2, 0) is 23.5 Å². The zero-order valence-corrected chi connectivity index (χ0v) is 13.2. The molecular weight excluding hydrogens is 344 g/mol. The number of halogens is 1. The Balaban J connectivity index is 2.15. The summed E-state index contributed by atoms with van der Waals surface area (Å²) in [6.07, 6.45) is 1.70. The van der Waals surface area contributed by atoms with E-state index >= 15 is 0 Å². The van der Waals surface area contributed by atoms with Gasteiger partial charge in [-0.15, -0.1) is 5.10 Å². The van der Waals surface area contributed by atoms with E-state index in [9.17, 15) is 8.42 Å². The molecular formula is C12H13BrN4O2S. The van der Waals surface area contributed by atoms with E-state index in [2.05, 4.69) is 26.2 Å². The van der Waals surface area contributed by atoms with Gasteiger partial charge in [0.1, 0.15) is 0 Å². The van der Waals surface area contributed by atoms with Gasteiger partial charge in [0.25, 0.3) is 10.0 Å². The predicted molar refractivity (Wildman–Crippen MR) is 78.0 cm³/mol. The zero-order valence-electron chi connectivity index (χ0n) is 10.8. The molecule has 2 heterocycles. The van der Waals surface area contributed by atoms with Crippen molar-refractivity contribution in [1.29, 1.82) is 0 Å². The van der Waals surface area contributed by atoms with Crippen molar-refractivity contribution in [2.75, 3.05) is 10.8 Å². The lowest BCUT2D eigenvalue weighted by Gasteiger charge is -2.30. The molecule has 0 spiro atoms. The molecule has 0 radical (unpaired) electrons. The Morgan fingerprint density at radius 3 is 2.75 bits per heavy atom. The smallest absolute Gasteiger partial charge is 0.265 e. The Morgan fingerprint density at radius 2 is 2.05 bits per heavy atom. The molecule has 0 aliphatic carbocycles. The lowest BCUT2D eigenvalue weighted by molar-refractivity contribution is 0.565. The van der Waals surface area contributed by atoms with Gasteiger partial charge in [0, 0.05) is 13.6 Å². The molecule has 0 saturated carbocycles. The number of nitrogens with zero attached hydrogens (tertiary/aromatic N) is 4. The van der Waals surface area contributed by atoms with Crippen molar-refractivity contribution in [3.05, 3.63) is 34.4 Å². The van der Waals surface area contributed by atoms with Crippen LogP contribution in [0, 0.1) is 0 Å². The van der Waals surface area contributed by atoms with Crippen molar-refractivity contribution >= 4 is 31.6 Å². The van der Waals surface area contributed by atoms with Crippen LogP contribution in [0.5, 0.6) is 0 Å². The van der Waals surface area contributed by atoms with E-state index in [0.717, 1.165) is 24.1 Å². The first-order chi connectivity index (χ1) is 9.51. The lowest BCUT2D eigenvalue weighted by atomic mass is 10.0. The molecule has 2 aromatic rings. The van der Waals surface area contributed by atoms with Gasteiger partial charge in [0.15, 0.2) is 4.60 Å². The van der Waals surface area contributed by atoms with Gasteiger partial charge in [-0.2, -0.15) is 8.42 Å². The van der Waals surface area contributed by atoms with Crippen LogP contribution in [0.1, 0.15) is 12.0 Å². The summed E-state index contributed by atoms with van der Waals surface area (Å²) in [6.45, 7) is 0.469. The molecule has 0 amide bonds. The average molecular weight is 357 g/mol. The fourth-order valence-electron chi connectivity index (χ4n) is 2.45. The third-order valence-electron chi connectivity index (χ3n) is 3.34. The normalized spacial score (nSPS) is 15.2. The molecule has 0 N–H and O–H groups in total. The molecule has 106 valence electrons. The summed E-state index contributed by atoms with van der Waals surface area (Å²) < 4.78 is 28.6. The second-order valence-electron chi connectivity index (χ2n) is 4.62. The lowest BCUT2D eigenvalue weighted by Crippen LogP contribution is -2.36. The average Bonchev–Trinajstić information content (AvgIpc) is 2.78. The van der Waals surface area contributed by atoms with E-state index in [1.54, 1.807) is 7.05 Å². The van der Waals surface area contributed by atoms with E-state index in [-0.39, 0.29) is 9.63 Å². The van der Waals surface area contributed by atoms with Gasteiger partial charge in [0.05, 0.1) is 5.69 Å². The number of anilines is 1. The fraction of sp³-hybridized carbons (Fsp3) is 0.333. The minimum Gasteiger partial charge on any atom is -0.265 e. The first-order valence-electron chi connectivity index (χ1n) is 6.17. The highest BCUT2D eigenvalue weighted by Gasteiger charge is 2.33. The number of fused-ring (bicyclic) bond motifs is 1. The molecule has 1 aromatic carbocycles. The minimum absolute atomic E-state index is 0.0780. The minimum atomic E-state index is -3.67. The van der Waals surface area contributed by atoms with E-state index in [1.165, 1.54) is 8.99 Å². The van der Waals surface area contributed by atoms with Crippen LogP contribution in [0.3, 0.4) is 0 Å². The van der Waals surface area contributed by atoms with Crippen LogP contribution in [0.15, 0.2) is 33.9 Å². The number of hydrogen-bond acceptors (Lipinski definition) is 4. The Labute approximate surface area is 125 Å². The number of hydrogen-bond donors (Lipinski definition) is 0. The molecule has 0 bridgehead atoms.